The Morgan fingerprint density at radius 1 is 1.04 bits per heavy atom. The lowest BCUT2D eigenvalue weighted by Crippen LogP contribution is -1.99. The van der Waals surface area contributed by atoms with E-state index in [1.165, 1.54) is 0 Å². The summed E-state index contributed by atoms with van der Waals surface area (Å²) in [5.41, 5.74) is 2.61. The molecule has 6 heteroatoms. The lowest BCUT2D eigenvalue weighted by Gasteiger charge is -2.14. The molecule has 0 fully saturated rings. The van der Waals surface area contributed by atoms with Crippen LogP contribution < -0.4 is 19.5 Å². The fraction of sp³-hybridized carbons (Fsp3) is 0.200. The average molecular weight is 349 g/mol. The molecule has 6 nitrogen and oxygen atoms in total. The predicted molar refractivity (Wildman–Crippen MR) is 100 cm³/mol. The molecule has 132 valence electrons. The number of benzene rings is 2. The van der Waals surface area contributed by atoms with Gasteiger partial charge in [0.2, 0.25) is 0 Å². The molecule has 0 amide bonds. The number of methoxy groups -OCH3 is 2. The molecule has 3 aromatic rings. The fourth-order valence-electron chi connectivity index (χ4n) is 2.67. The second kappa shape index (κ2) is 7.62. The van der Waals surface area contributed by atoms with Crippen LogP contribution in [0.4, 0.5) is 11.4 Å². The normalized spacial score (nSPS) is 10.2. The van der Waals surface area contributed by atoms with Crippen LogP contribution in [0.3, 0.4) is 0 Å². The molecule has 0 saturated carbocycles. The third kappa shape index (κ3) is 3.47. The maximum atomic E-state index is 9.52. The number of rotatable bonds is 6. The van der Waals surface area contributed by atoms with Crippen LogP contribution in [0.15, 0.2) is 42.6 Å². The van der Waals surface area contributed by atoms with Crippen LogP contribution in [-0.2, 0) is 0 Å². The monoisotopic (exact) mass is 349 g/mol. The van der Waals surface area contributed by atoms with Crippen LogP contribution in [0.5, 0.6) is 17.2 Å². The van der Waals surface area contributed by atoms with Crippen molar-refractivity contribution in [3.05, 3.63) is 48.2 Å². The summed E-state index contributed by atoms with van der Waals surface area (Å²) in [6.45, 7) is 2.49. The summed E-state index contributed by atoms with van der Waals surface area (Å²) >= 11 is 0. The van der Waals surface area contributed by atoms with Gasteiger partial charge in [0, 0.05) is 35.5 Å². The molecular formula is C20H19N3O3. The average Bonchev–Trinajstić information content (AvgIpc) is 2.68. The molecule has 0 spiro atoms. The van der Waals surface area contributed by atoms with Crippen molar-refractivity contribution in [1.82, 2.24) is 4.98 Å². The highest BCUT2D eigenvalue weighted by molar-refractivity contribution is 5.96. The molecule has 26 heavy (non-hydrogen) atoms. The van der Waals surface area contributed by atoms with E-state index in [9.17, 15) is 5.26 Å². The minimum atomic E-state index is 0.438. The zero-order valence-corrected chi connectivity index (χ0v) is 14.9. The van der Waals surface area contributed by atoms with Crippen LogP contribution in [0, 0.1) is 11.3 Å². The minimum absolute atomic E-state index is 0.438. The van der Waals surface area contributed by atoms with Crippen molar-refractivity contribution < 1.29 is 14.2 Å². The number of hydrogen-bond acceptors (Lipinski definition) is 6. The van der Waals surface area contributed by atoms with Gasteiger partial charge in [-0.25, -0.2) is 0 Å². The molecule has 0 unspecified atom stereocenters. The summed E-state index contributed by atoms with van der Waals surface area (Å²) in [5, 5.41) is 13.6. The molecule has 1 heterocycles. The lowest BCUT2D eigenvalue weighted by molar-refractivity contribution is 0.340. The van der Waals surface area contributed by atoms with Crippen LogP contribution in [0.2, 0.25) is 0 Å². The SMILES string of the molecule is CCOc1ccc2ncc(C#N)c(Nc3cc(OC)cc(OC)c3)c2c1. The van der Waals surface area contributed by atoms with Gasteiger partial charge in [-0.3, -0.25) is 4.98 Å². The number of nitrogens with zero attached hydrogens (tertiary/aromatic N) is 2. The molecule has 0 aliphatic rings. The standard InChI is InChI=1S/C20H19N3O3/c1-4-26-15-5-6-19-18(10-15)20(13(11-21)12-22-19)23-14-7-16(24-2)9-17(8-14)25-3/h5-10,12H,4H2,1-3H3,(H,22,23). The molecule has 0 bridgehead atoms. The number of ether oxygens (including phenoxy) is 3. The largest absolute Gasteiger partial charge is 0.497 e. The highest BCUT2D eigenvalue weighted by atomic mass is 16.5. The van der Waals surface area contributed by atoms with Crippen LogP contribution in [-0.4, -0.2) is 25.8 Å². The molecule has 3 rings (SSSR count). The van der Waals surface area contributed by atoms with Crippen LogP contribution in [0.25, 0.3) is 10.9 Å². The first kappa shape index (κ1) is 17.4. The smallest absolute Gasteiger partial charge is 0.124 e. The van der Waals surface area contributed by atoms with Gasteiger partial charge in [-0.2, -0.15) is 5.26 Å². The van der Waals surface area contributed by atoms with Crippen LogP contribution >= 0.6 is 0 Å². The molecule has 0 aliphatic carbocycles. The van der Waals surface area contributed by atoms with E-state index in [1.807, 2.05) is 37.3 Å². The Morgan fingerprint density at radius 2 is 1.77 bits per heavy atom. The van der Waals surface area contributed by atoms with E-state index in [-0.39, 0.29) is 0 Å². The second-order valence-electron chi connectivity index (χ2n) is 5.50. The lowest BCUT2D eigenvalue weighted by atomic mass is 10.1. The summed E-state index contributed by atoms with van der Waals surface area (Å²) in [6, 6.07) is 13.3. The number of aromatic nitrogens is 1. The van der Waals surface area contributed by atoms with Crippen molar-refractivity contribution in [3.63, 3.8) is 0 Å². The van der Waals surface area contributed by atoms with E-state index >= 15 is 0 Å². The van der Waals surface area contributed by atoms with Gasteiger partial charge in [0.25, 0.3) is 0 Å². The van der Waals surface area contributed by atoms with E-state index in [2.05, 4.69) is 16.4 Å². The van der Waals surface area contributed by atoms with Crippen molar-refractivity contribution in [2.45, 2.75) is 6.92 Å². The first-order valence-electron chi connectivity index (χ1n) is 8.14. The Labute approximate surface area is 151 Å². The van der Waals surface area contributed by atoms with Gasteiger partial charge < -0.3 is 19.5 Å². The molecule has 0 atom stereocenters. The molecule has 1 N–H and O–H groups in total. The number of anilines is 2. The van der Waals surface area contributed by atoms with E-state index in [1.54, 1.807) is 26.5 Å². The first-order chi connectivity index (χ1) is 12.7. The Kier molecular flexibility index (Phi) is 5.09. The van der Waals surface area contributed by atoms with Crippen molar-refractivity contribution in [1.29, 1.82) is 5.26 Å². The van der Waals surface area contributed by atoms with Gasteiger partial charge >= 0.3 is 0 Å². The summed E-state index contributed by atoms with van der Waals surface area (Å²) in [6.07, 6.45) is 1.56. The van der Waals surface area contributed by atoms with E-state index in [4.69, 9.17) is 14.2 Å². The Morgan fingerprint density at radius 3 is 2.38 bits per heavy atom. The molecular weight excluding hydrogens is 330 g/mol. The van der Waals surface area contributed by atoms with Gasteiger partial charge in [-0.1, -0.05) is 0 Å². The number of hydrogen-bond donors (Lipinski definition) is 1. The summed E-state index contributed by atoms with van der Waals surface area (Å²) < 4.78 is 16.2. The van der Waals surface area contributed by atoms with Crippen molar-refractivity contribution >= 4 is 22.3 Å². The minimum Gasteiger partial charge on any atom is -0.497 e. The zero-order chi connectivity index (χ0) is 18.5. The van der Waals surface area contributed by atoms with Gasteiger partial charge in [0.15, 0.2) is 0 Å². The predicted octanol–water partition coefficient (Wildman–Crippen LogP) is 4.27. The number of nitriles is 1. The summed E-state index contributed by atoms with van der Waals surface area (Å²) in [7, 11) is 3.19. The third-order valence-electron chi connectivity index (χ3n) is 3.89. The Hall–Kier alpha value is -3.46. The molecule has 0 saturated heterocycles. The number of pyridine rings is 1. The quantitative estimate of drug-likeness (QED) is 0.716. The van der Waals surface area contributed by atoms with Crippen molar-refractivity contribution in [3.8, 4) is 23.3 Å². The first-order valence-corrected chi connectivity index (χ1v) is 8.14. The second-order valence-corrected chi connectivity index (χ2v) is 5.50. The van der Waals surface area contributed by atoms with Crippen molar-refractivity contribution in [2.75, 3.05) is 26.1 Å². The van der Waals surface area contributed by atoms with Gasteiger partial charge in [0.05, 0.1) is 37.6 Å². The summed E-state index contributed by atoms with van der Waals surface area (Å²) in [5.74, 6) is 2.03. The van der Waals surface area contributed by atoms with E-state index < -0.39 is 0 Å². The summed E-state index contributed by atoms with van der Waals surface area (Å²) in [4.78, 5) is 4.36. The molecule has 0 radical (unpaired) electrons. The fourth-order valence-corrected chi connectivity index (χ4v) is 2.67. The van der Waals surface area contributed by atoms with E-state index in [0.29, 0.717) is 29.4 Å². The van der Waals surface area contributed by atoms with Gasteiger partial charge in [-0.05, 0) is 25.1 Å². The highest BCUT2D eigenvalue weighted by Crippen LogP contribution is 2.34. The number of nitrogens with one attached hydrogen (secondary N) is 1. The number of fused-ring (bicyclic) bond motifs is 1. The highest BCUT2D eigenvalue weighted by Gasteiger charge is 2.12. The Balaban J connectivity index is 2.14. The zero-order valence-electron chi connectivity index (χ0n) is 14.9. The topological polar surface area (TPSA) is 76.4 Å². The molecule has 2 aromatic carbocycles. The van der Waals surface area contributed by atoms with Crippen LogP contribution in [0.1, 0.15) is 12.5 Å². The maximum absolute atomic E-state index is 9.52. The molecule has 1 aromatic heterocycles. The maximum Gasteiger partial charge on any atom is 0.124 e. The van der Waals surface area contributed by atoms with Crippen molar-refractivity contribution in [2.24, 2.45) is 0 Å². The Bertz CT molecular complexity index is 958. The molecule has 0 aliphatic heterocycles. The van der Waals surface area contributed by atoms with E-state index in [0.717, 1.165) is 22.3 Å². The third-order valence-corrected chi connectivity index (χ3v) is 3.89. The van der Waals surface area contributed by atoms with Gasteiger partial charge in [0.1, 0.15) is 23.3 Å². The van der Waals surface area contributed by atoms with Gasteiger partial charge in [-0.15, -0.1) is 0 Å².